The van der Waals surface area contributed by atoms with Crippen molar-refractivity contribution in [3.8, 4) is 11.5 Å². The molecule has 1 aromatic heterocycles. The van der Waals surface area contributed by atoms with E-state index < -0.39 is 6.10 Å². The van der Waals surface area contributed by atoms with Crippen LogP contribution in [0.15, 0.2) is 28.7 Å². The van der Waals surface area contributed by atoms with Crippen LogP contribution in [0.4, 0.5) is 6.01 Å². The number of rotatable bonds is 1. The minimum atomic E-state index is -0.403. The smallest absolute Gasteiger partial charge is 0.312 e. The van der Waals surface area contributed by atoms with Crippen LogP contribution in [0.5, 0.6) is 11.5 Å². The van der Waals surface area contributed by atoms with Crippen LogP contribution in [0.2, 0.25) is 0 Å². The van der Waals surface area contributed by atoms with Crippen LogP contribution in [-0.4, -0.2) is 16.8 Å². The van der Waals surface area contributed by atoms with E-state index in [0.29, 0.717) is 24.0 Å². The van der Waals surface area contributed by atoms with E-state index in [1.807, 2.05) is 24.3 Å². The number of nitrogens with two attached hydrogens (primary N) is 1. The molecule has 1 aliphatic rings. The summed E-state index contributed by atoms with van der Waals surface area (Å²) in [4.78, 5) is 0. The second-order valence-electron chi connectivity index (χ2n) is 3.34. The van der Waals surface area contributed by atoms with Crippen LogP contribution >= 0.6 is 0 Å². The Morgan fingerprint density at radius 3 is 2.75 bits per heavy atom. The molecule has 0 aliphatic carbocycles. The van der Waals surface area contributed by atoms with Gasteiger partial charge in [0, 0.05) is 0 Å². The molecule has 1 atom stereocenters. The Morgan fingerprint density at radius 1 is 1.19 bits per heavy atom. The topological polar surface area (TPSA) is 83.4 Å². The predicted octanol–water partition coefficient (Wildman–Crippen LogP) is 1.16. The first-order chi connectivity index (χ1) is 7.83. The van der Waals surface area contributed by atoms with E-state index in [4.69, 9.17) is 19.6 Å². The van der Waals surface area contributed by atoms with Crippen molar-refractivity contribution >= 4 is 6.01 Å². The highest BCUT2D eigenvalue weighted by molar-refractivity contribution is 5.40. The number of nitrogen functional groups attached to an aromatic ring is 1. The Labute approximate surface area is 91.0 Å². The molecule has 2 N–H and O–H groups in total. The summed E-state index contributed by atoms with van der Waals surface area (Å²) in [6.45, 7) is 0.332. The second kappa shape index (κ2) is 3.41. The maximum Gasteiger partial charge on any atom is 0.312 e. The molecule has 6 heteroatoms. The summed E-state index contributed by atoms with van der Waals surface area (Å²) in [5, 5.41) is 7.34. The van der Waals surface area contributed by atoms with E-state index in [1.54, 1.807) is 0 Å². The number of para-hydroxylation sites is 2. The number of benzene rings is 1. The molecular formula is C10H9N3O3. The predicted molar refractivity (Wildman–Crippen MR) is 54.0 cm³/mol. The Hall–Kier alpha value is -2.24. The molecule has 3 rings (SSSR count). The average molecular weight is 219 g/mol. The summed E-state index contributed by atoms with van der Waals surface area (Å²) >= 11 is 0. The van der Waals surface area contributed by atoms with E-state index in [9.17, 15) is 0 Å². The number of aromatic nitrogens is 2. The third-order valence-corrected chi connectivity index (χ3v) is 2.24. The lowest BCUT2D eigenvalue weighted by Gasteiger charge is -2.23. The Morgan fingerprint density at radius 2 is 2.00 bits per heavy atom. The summed E-state index contributed by atoms with van der Waals surface area (Å²) in [6.07, 6.45) is -0.403. The highest BCUT2D eigenvalue weighted by Gasteiger charge is 2.26. The molecular weight excluding hydrogens is 210 g/mol. The van der Waals surface area contributed by atoms with Crippen molar-refractivity contribution in [2.75, 3.05) is 12.3 Å². The van der Waals surface area contributed by atoms with Gasteiger partial charge in [0.05, 0.1) is 0 Å². The summed E-state index contributed by atoms with van der Waals surface area (Å²) < 4.78 is 16.2. The molecule has 2 aromatic rings. The zero-order chi connectivity index (χ0) is 11.0. The molecule has 0 amide bonds. The molecule has 0 saturated heterocycles. The third kappa shape index (κ3) is 1.44. The zero-order valence-electron chi connectivity index (χ0n) is 8.29. The summed E-state index contributed by atoms with van der Waals surface area (Å²) in [6, 6.07) is 7.44. The molecule has 2 heterocycles. The Kier molecular flexibility index (Phi) is 1.92. The van der Waals surface area contributed by atoms with Crippen molar-refractivity contribution in [3.63, 3.8) is 0 Å². The standard InChI is InChI=1S/C10H9N3O3/c11-10-13-12-9(16-10)8-5-14-6-3-1-2-4-7(6)15-8/h1-4,8H,5H2,(H2,11,13)/t8-/m1/s1. The largest absolute Gasteiger partial charge is 0.485 e. The van der Waals surface area contributed by atoms with E-state index in [1.165, 1.54) is 0 Å². The number of anilines is 1. The van der Waals surface area contributed by atoms with Gasteiger partial charge in [-0.1, -0.05) is 17.2 Å². The van der Waals surface area contributed by atoms with Crippen molar-refractivity contribution < 1.29 is 13.9 Å². The SMILES string of the molecule is Nc1nnc([C@H]2COc3ccccc3O2)o1. The van der Waals surface area contributed by atoms with Crippen molar-refractivity contribution in [1.29, 1.82) is 0 Å². The van der Waals surface area contributed by atoms with E-state index in [0.717, 1.165) is 0 Å². The summed E-state index contributed by atoms with van der Waals surface area (Å²) in [5.74, 6) is 1.70. The second-order valence-corrected chi connectivity index (χ2v) is 3.34. The molecule has 82 valence electrons. The van der Waals surface area contributed by atoms with Gasteiger partial charge in [0.25, 0.3) is 5.89 Å². The van der Waals surface area contributed by atoms with Crippen LogP contribution in [-0.2, 0) is 0 Å². The number of hydrogen-bond acceptors (Lipinski definition) is 6. The van der Waals surface area contributed by atoms with Crippen molar-refractivity contribution in [3.05, 3.63) is 30.2 Å². The lowest BCUT2D eigenvalue weighted by molar-refractivity contribution is 0.0718. The molecule has 0 saturated carbocycles. The van der Waals surface area contributed by atoms with E-state index in [2.05, 4.69) is 10.2 Å². The maximum absolute atomic E-state index is 5.65. The van der Waals surface area contributed by atoms with Gasteiger partial charge in [0.1, 0.15) is 6.61 Å². The molecule has 6 nitrogen and oxygen atoms in total. The number of fused-ring (bicyclic) bond motifs is 1. The van der Waals surface area contributed by atoms with Gasteiger partial charge in [-0.25, -0.2) is 0 Å². The van der Waals surface area contributed by atoms with Gasteiger partial charge < -0.3 is 19.6 Å². The fourth-order valence-electron chi connectivity index (χ4n) is 1.52. The molecule has 0 unspecified atom stereocenters. The van der Waals surface area contributed by atoms with Crippen molar-refractivity contribution in [2.45, 2.75) is 6.10 Å². The van der Waals surface area contributed by atoms with Gasteiger partial charge in [-0.15, -0.1) is 5.10 Å². The normalized spacial score (nSPS) is 18.4. The number of nitrogens with zero attached hydrogens (tertiary/aromatic N) is 2. The average Bonchev–Trinajstić information content (AvgIpc) is 2.75. The first-order valence-corrected chi connectivity index (χ1v) is 4.80. The van der Waals surface area contributed by atoms with Crippen LogP contribution in [0.1, 0.15) is 12.0 Å². The Balaban J connectivity index is 1.88. The van der Waals surface area contributed by atoms with Gasteiger partial charge in [-0.05, 0) is 12.1 Å². The van der Waals surface area contributed by atoms with Crippen LogP contribution < -0.4 is 15.2 Å². The van der Waals surface area contributed by atoms with Crippen molar-refractivity contribution in [1.82, 2.24) is 10.2 Å². The minimum Gasteiger partial charge on any atom is -0.485 e. The first kappa shape index (κ1) is 9.02. The van der Waals surface area contributed by atoms with Crippen LogP contribution in [0.25, 0.3) is 0 Å². The Bertz CT molecular complexity index is 512. The van der Waals surface area contributed by atoms with Crippen LogP contribution in [0.3, 0.4) is 0 Å². The molecule has 1 aromatic carbocycles. The minimum absolute atomic E-state index is 0.0254. The maximum atomic E-state index is 5.65. The molecule has 0 bridgehead atoms. The van der Waals surface area contributed by atoms with Gasteiger partial charge in [-0.2, -0.15) is 0 Å². The lowest BCUT2D eigenvalue weighted by Crippen LogP contribution is -2.21. The summed E-state index contributed by atoms with van der Waals surface area (Å²) in [5.41, 5.74) is 5.34. The molecule has 0 radical (unpaired) electrons. The van der Waals surface area contributed by atoms with Gasteiger partial charge in [-0.3, -0.25) is 0 Å². The van der Waals surface area contributed by atoms with Gasteiger partial charge >= 0.3 is 6.01 Å². The quantitative estimate of drug-likeness (QED) is 0.774. The first-order valence-electron chi connectivity index (χ1n) is 4.80. The number of hydrogen-bond donors (Lipinski definition) is 1. The zero-order valence-corrected chi connectivity index (χ0v) is 8.29. The molecule has 1 aliphatic heterocycles. The summed E-state index contributed by atoms with van der Waals surface area (Å²) in [7, 11) is 0. The fourth-order valence-corrected chi connectivity index (χ4v) is 1.52. The van der Waals surface area contributed by atoms with E-state index >= 15 is 0 Å². The molecule has 0 spiro atoms. The highest BCUT2D eigenvalue weighted by Crippen LogP contribution is 2.35. The molecule has 0 fully saturated rings. The van der Waals surface area contributed by atoms with Crippen LogP contribution in [0, 0.1) is 0 Å². The number of ether oxygens (including phenoxy) is 2. The van der Waals surface area contributed by atoms with Crippen molar-refractivity contribution in [2.24, 2.45) is 0 Å². The van der Waals surface area contributed by atoms with E-state index in [-0.39, 0.29) is 6.01 Å². The van der Waals surface area contributed by atoms with Gasteiger partial charge in [0.2, 0.25) is 6.10 Å². The fraction of sp³-hybridized carbons (Fsp3) is 0.200. The van der Waals surface area contributed by atoms with Gasteiger partial charge in [0.15, 0.2) is 11.5 Å². The monoisotopic (exact) mass is 219 g/mol. The lowest BCUT2D eigenvalue weighted by atomic mass is 10.2. The highest BCUT2D eigenvalue weighted by atomic mass is 16.6. The molecule has 16 heavy (non-hydrogen) atoms. The third-order valence-electron chi connectivity index (χ3n) is 2.24.